The third-order valence-corrected chi connectivity index (χ3v) is 2.12. The molecule has 0 spiro atoms. The third-order valence-electron chi connectivity index (χ3n) is 1.91. The lowest BCUT2D eigenvalue weighted by atomic mass is 9.96. The van der Waals surface area contributed by atoms with Crippen molar-refractivity contribution in [1.82, 2.24) is 10.2 Å². The van der Waals surface area contributed by atoms with Gasteiger partial charge in [0.2, 0.25) is 0 Å². The molecule has 0 fully saturated rings. The molecule has 1 aromatic rings. The minimum atomic E-state index is -0.485. The molecule has 0 unspecified atom stereocenters. The molecular weight excluding hydrogens is 226 g/mol. The van der Waals surface area contributed by atoms with Crippen molar-refractivity contribution in [2.75, 3.05) is 0 Å². The molecule has 5 heteroatoms. The summed E-state index contributed by atoms with van der Waals surface area (Å²) in [5.74, 6) is -0.179. The lowest BCUT2D eigenvalue weighted by Crippen LogP contribution is -2.19. The Bertz CT molecular complexity index is 418. The Kier molecular flexibility index (Phi) is 3.75. The highest BCUT2D eigenvalue weighted by atomic mass is 35.5. The van der Waals surface area contributed by atoms with Gasteiger partial charge in [0.25, 0.3) is 5.91 Å². The molecule has 0 aliphatic heterocycles. The van der Waals surface area contributed by atoms with Gasteiger partial charge < -0.3 is 0 Å². The molecule has 0 atom stereocenters. The van der Waals surface area contributed by atoms with E-state index in [0.29, 0.717) is 16.6 Å². The summed E-state index contributed by atoms with van der Waals surface area (Å²) < 4.78 is 0. The number of nitrogens with zero attached hydrogens (tertiary/aromatic N) is 3. The lowest BCUT2D eigenvalue weighted by molar-refractivity contribution is -0.124. The average molecular weight is 240 g/mol. The molecule has 4 nitrogen and oxygen atoms in total. The molecule has 1 amide bonds. The van der Waals surface area contributed by atoms with Gasteiger partial charge in [-0.3, -0.25) is 4.79 Å². The maximum absolute atomic E-state index is 11.7. The van der Waals surface area contributed by atoms with Gasteiger partial charge in [0.05, 0.1) is 5.71 Å². The fraction of sp³-hybridized carbons (Fsp3) is 0.455. The zero-order valence-electron chi connectivity index (χ0n) is 9.78. The van der Waals surface area contributed by atoms with E-state index in [1.807, 2.05) is 20.8 Å². The number of rotatable bonds is 1. The summed E-state index contributed by atoms with van der Waals surface area (Å²) in [4.78, 5) is 15.6. The number of hydrogen-bond donors (Lipinski definition) is 0. The minimum absolute atomic E-state index is 0.179. The van der Waals surface area contributed by atoms with Crippen LogP contribution >= 0.6 is 11.6 Å². The number of amides is 1. The number of carbonyl (C=O) groups excluding carboxylic acids is 1. The Morgan fingerprint density at radius 1 is 1.31 bits per heavy atom. The molecular formula is C11H14ClN3O. The summed E-state index contributed by atoms with van der Waals surface area (Å²) in [5.41, 5.74) is 0.618. The van der Waals surface area contributed by atoms with Crippen molar-refractivity contribution in [2.45, 2.75) is 27.7 Å². The Labute approximate surface area is 99.8 Å². The van der Waals surface area contributed by atoms with Crippen LogP contribution in [0.3, 0.4) is 0 Å². The SMILES string of the molecule is C/C(=N\C(=O)C(C)(C)C)c1ccc(Cl)nn1. The second kappa shape index (κ2) is 4.70. The van der Waals surface area contributed by atoms with Crippen LogP contribution in [0, 0.1) is 5.41 Å². The molecule has 16 heavy (non-hydrogen) atoms. The summed E-state index contributed by atoms with van der Waals surface area (Å²) in [6.07, 6.45) is 0. The Morgan fingerprint density at radius 3 is 2.38 bits per heavy atom. The minimum Gasteiger partial charge on any atom is -0.272 e. The van der Waals surface area contributed by atoms with Gasteiger partial charge >= 0.3 is 0 Å². The van der Waals surface area contributed by atoms with Gasteiger partial charge in [-0.15, -0.1) is 10.2 Å². The first-order valence-corrected chi connectivity index (χ1v) is 5.28. The third kappa shape index (κ3) is 3.38. The van der Waals surface area contributed by atoms with E-state index in [-0.39, 0.29) is 5.91 Å². The quantitative estimate of drug-likeness (QED) is 0.708. The molecule has 0 saturated carbocycles. The Morgan fingerprint density at radius 2 is 1.94 bits per heavy atom. The standard InChI is InChI=1S/C11H14ClN3O/c1-7(13-10(16)11(2,3)4)8-5-6-9(12)15-14-8/h5-6H,1-4H3/b13-7+. The summed E-state index contributed by atoms with van der Waals surface area (Å²) >= 11 is 5.61. The zero-order chi connectivity index (χ0) is 12.3. The molecule has 0 saturated heterocycles. The van der Waals surface area contributed by atoms with E-state index in [4.69, 9.17) is 11.6 Å². The normalized spacial score (nSPS) is 12.7. The molecule has 1 heterocycles. The van der Waals surface area contributed by atoms with E-state index >= 15 is 0 Å². The zero-order valence-corrected chi connectivity index (χ0v) is 10.5. The van der Waals surface area contributed by atoms with E-state index in [9.17, 15) is 4.79 Å². The van der Waals surface area contributed by atoms with Crippen LogP contribution in [-0.4, -0.2) is 21.8 Å². The summed E-state index contributed by atoms with van der Waals surface area (Å²) in [6.45, 7) is 7.18. The second-order valence-corrected chi connectivity index (χ2v) is 4.88. The lowest BCUT2D eigenvalue weighted by Gasteiger charge is -2.12. The Hall–Kier alpha value is -1.29. The van der Waals surface area contributed by atoms with Crippen LogP contribution in [-0.2, 0) is 4.79 Å². The highest BCUT2D eigenvalue weighted by Gasteiger charge is 2.20. The van der Waals surface area contributed by atoms with Gasteiger partial charge in [0.1, 0.15) is 5.69 Å². The molecule has 0 aromatic carbocycles. The Balaban J connectivity index is 2.94. The van der Waals surface area contributed by atoms with Gasteiger partial charge in [0.15, 0.2) is 5.15 Å². The molecule has 0 N–H and O–H groups in total. The van der Waals surface area contributed by atoms with Crippen LogP contribution in [0.2, 0.25) is 5.15 Å². The number of halogens is 1. The predicted octanol–water partition coefficient (Wildman–Crippen LogP) is 2.51. The number of carbonyl (C=O) groups is 1. The second-order valence-electron chi connectivity index (χ2n) is 4.49. The van der Waals surface area contributed by atoms with Crippen LogP contribution < -0.4 is 0 Å². The molecule has 0 bridgehead atoms. The van der Waals surface area contributed by atoms with Crippen molar-refractivity contribution >= 4 is 23.2 Å². The van der Waals surface area contributed by atoms with E-state index in [1.54, 1.807) is 19.1 Å². The molecule has 1 aromatic heterocycles. The summed E-state index contributed by atoms with van der Waals surface area (Å²) in [6, 6.07) is 3.30. The highest BCUT2D eigenvalue weighted by molar-refractivity contribution is 6.29. The molecule has 0 aliphatic rings. The van der Waals surface area contributed by atoms with Crippen LogP contribution in [0.25, 0.3) is 0 Å². The van der Waals surface area contributed by atoms with E-state index in [2.05, 4.69) is 15.2 Å². The van der Waals surface area contributed by atoms with Crippen LogP contribution in [0.15, 0.2) is 17.1 Å². The average Bonchev–Trinajstić information content (AvgIpc) is 2.17. The smallest absolute Gasteiger partial charge is 0.251 e. The van der Waals surface area contributed by atoms with Gasteiger partial charge in [-0.25, -0.2) is 4.99 Å². The predicted molar refractivity (Wildman–Crippen MR) is 63.7 cm³/mol. The molecule has 0 radical (unpaired) electrons. The molecule has 0 aliphatic carbocycles. The van der Waals surface area contributed by atoms with Gasteiger partial charge in [-0.05, 0) is 19.1 Å². The fourth-order valence-electron chi connectivity index (χ4n) is 0.886. The van der Waals surface area contributed by atoms with Crippen molar-refractivity contribution in [2.24, 2.45) is 10.4 Å². The number of hydrogen-bond acceptors (Lipinski definition) is 3. The van der Waals surface area contributed by atoms with E-state index in [0.717, 1.165) is 0 Å². The van der Waals surface area contributed by atoms with Crippen molar-refractivity contribution in [3.8, 4) is 0 Å². The van der Waals surface area contributed by atoms with Gasteiger partial charge in [-0.2, -0.15) is 0 Å². The van der Waals surface area contributed by atoms with Gasteiger partial charge in [0, 0.05) is 5.41 Å². The first-order valence-electron chi connectivity index (χ1n) is 4.90. The topological polar surface area (TPSA) is 55.2 Å². The van der Waals surface area contributed by atoms with Crippen molar-refractivity contribution < 1.29 is 4.79 Å². The summed E-state index contributed by atoms with van der Waals surface area (Å²) in [5, 5.41) is 7.86. The van der Waals surface area contributed by atoms with Crippen molar-refractivity contribution in [3.63, 3.8) is 0 Å². The van der Waals surface area contributed by atoms with E-state index in [1.165, 1.54) is 0 Å². The highest BCUT2D eigenvalue weighted by Crippen LogP contribution is 2.15. The van der Waals surface area contributed by atoms with Crippen LogP contribution in [0.5, 0.6) is 0 Å². The maximum Gasteiger partial charge on any atom is 0.251 e. The first kappa shape index (κ1) is 12.8. The largest absolute Gasteiger partial charge is 0.272 e. The molecule has 86 valence electrons. The monoisotopic (exact) mass is 239 g/mol. The maximum atomic E-state index is 11.7. The van der Waals surface area contributed by atoms with Crippen molar-refractivity contribution in [1.29, 1.82) is 0 Å². The fourth-order valence-corrected chi connectivity index (χ4v) is 0.987. The number of aromatic nitrogens is 2. The summed E-state index contributed by atoms with van der Waals surface area (Å²) in [7, 11) is 0. The number of aliphatic imine (C=N–C) groups is 1. The van der Waals surface area contributed by atoms with E-state index < -0.39 is 5.41 Å². The van der Waals surface area contributed by atoms with Gasteiger partial charge in [-0.1, -0.05) is 32.4 Å². The molecule has 1 rings (SSSR count). The van der Waals surface area contributed by atoms with Crippen LogP contribution in [0.4, 0.5) is 0 Å². The van der Waals surface area contributed by atoms with Crippen LogP contribution in [0.1, 0.15) is 33.4 Å². The van der Waals surface area contributed by atoms with Crippen molar-refractivity contribution in [3.05, 3.63) is 23.0 Å². The first-order chi connectivity index (χ1) is 7.30.